The maximum Gasteiger partial charge on any atom is 0.332 e. The van der Waals surface area contributed by atoms with Gasteiger partial charge in [0.15, 0.2) is 11.2 Å². The molecular weight excluding hydrogens is 422 g/mol. The highest BCUT2D eigenvalue weighted by Gasteiger charge is 2.24. The van der Waals surface area contributed by atoms with Crippen molar-refractivity contribution in [2.75, 3.05) is 0 Å². The number of imidazole rings is 1. The summed E-state index contributed by atoms with van der Waals surface area (Å²) in [6.07, 6.45) is 0.312. The fourth-order valence-electron chi connectivity index (χ4n) is 3.75. The fourth-order valence-corrected chi connectivity index (χ4v) is 3.88. The Morgan fingerprint density at radius 1 is 1.03 bits per heavy atom. The topological polar surface area (TPSA) is 104 Å². The van der Waals surface area contributed by atoms with Gasteiger partial charge in [-0.15, -0.1) is 0 Å². The minimum atomic E-state index is -0.604. The van der Waals surface area contributed by atoms with Gasteiger partial charge in [-0.05, 0) is 30.0 Å². The Balaban J connectivity index is 2.17. The highest BCUT2D eigenvalue weighted by atomic mass is 35.5. The molecular formula is C21H22ClN5O4. The summed E-state index contributed by atoms with van der Waals surface area (Å²) in [4.78, 5) is 43.1. The lowest BCUT2D eigenvalue weighted by molar-refractivity contribution is 0.428. The molecule has 0 saturated heterocycles. The average molecular weight is 444 g/mol. The second-order valence-electron chi connectivity index (χ2n) is 8.04. The molecule has 0 spiro atoms. The third kappa shape index (κ3) is 3.25. The standard InChI is InChI=1S/C21H22ClN5O4/c1-11(2)9-14-17(28)26(10-12-5-7-13(22)8-6-12)20-23-16-15(27(20)18(14)29)19(30)25(4)21(31)24(16)3/h5-8,11,29H,9-10H2,1-4H3. The number of nitrogens with zero attached hydrogens (tertiary/aromatic N) is 5. The second-order valence-corrected chi connectivity index (χ2v) is 8.48. The number of aryl methyl sites for hydroxylation is 1. The van der Waals surface area contributed by atoms with Gasteiger partial charge in [-0.3, -0.25) is 23.3 Å². The molecule has 1 N–H and O–H groups in total. The first kappa shape index (κ1) is 20.9. The monoisotopic (exact) mass is 443 g/mol. The van der Waals surface area contributed by atoms with E-state index in [1.807, 2.05) is 13.8 Å². The predicted molar refractivity (Wildman–Crippen MR) is 118 cm³/mol. The Kier molecular flexibility index (Phi) is 5.01. The first-order chi connectivity index (χ1) is 14.6. The highest BCUT2D eigenvalue weighted by molar-refractivity contribution is 6.30. The zero-order valence-corrected chi connectivity index (χ0v) is 18.3. The van der Waals surface area contributed by atoms with E-state index in [0.29, 0.717) is 11.4 Å². The molecule has 3 heterocycles. The minimum Gasteiger partial charge on any atom is -0.494 e. The quantitative estimate of drug-likeness (QED) is 0.516. The van der Waals surface area contributed by atoms with Gasteiger partial charge in [0, 0.05) is 19.1 Å². The van der Waals surface area contributed by atoms with E-state index in [4.69, 9.17) is 11.6 Å². The van der Waals surface area contributed by atoms with Crippen LogP contribution in [0.25, 0.3) is 16.9 Å². The van der Waals surface area contributed by atoms with Crippen molar-refractivity contribution in [1.29, 1.82) is 0 Å². The lowest BCUT2D eigenvalue weighted by Gasteiger charge is -2.14. The van der Waals surface area contributed by atoms with Crippen molar-refractivity contribution in [2.24, 2.45) is 20.0 Å². The summed E-state index contributed by atoms with van der Waals surface area (Å²) in [7, 11) is 2.85. The van der Waals surface area contributed by atoms with Crippen LogP contribution in [-0.2, 0) is 27.1 Å². The molecule has 0 radical (unpaired) electrons. The molecule has 0 aliphatic heterocycles. The van der Waals surface area contributed by atoms with Crippen LogP contribution < -0.4 is 16.8 Å². The Hall–Kier alpha value is -3.33. The van der Waals surface area contributed by atoms with E-state index in [9.17, 15) is 19.5 Å². The molecule has 0 aliphatic carbocycles. The number of rotatable bonds is 4. The molecule has 0 amide bonds. The lowest BCUT2D eigenvalue weighted by Crippen LogP contribution is -2.37. The molecule has 162 valence electrons. The molecule has 31 heavy (non-hydrogen) atoms. The molecule has 0 fully saturated rings. The first-order valence-corrected chi connectivity index (χ1v) is 10.2. The number of fused-ring (bicyclic) bond motifs is 3. The van der Waals surface area contributed by atoms with E-state index in [1.165, 1.54) is 27.6 Å². The van der Waals surface area contributed by atoms with Crippen molar-refractivity contribution < 1.29 is 5.11 Å². The largest absolute Gasteiger partial charge is 0.494 e. The fraction of sp³-hybridized carbons (Fsp3) is 0.333. The maximum atomic E-state index is 13.4. The summed E-state index contributed by atoms with van der Waals surface area (Å²) < 4.78 is 4.85. The first-order valence-electron chi connectivity index (χ1n) is 9.79. The molecule has 0 bridgehead atoms. The molecule has 1 aromatic carbocycles. The third-order valence-corrected chi connectivity index (χ3v) is 5.58. The van der Waals surface area contributed by atoms with Gasteiger partial charge in [0.2, 0.25) is 11.7 Å². The van der Waals surface area contributed by atoms with Gasteiger partial charge in [0.05, 0.1) is 12.1 Å². The summed E-state index contributed by atoms with van der Waals surface area (Å²) in [6, 6.07) is 7.02. The maximum absolute atomic E-state index is 13.4. The van der Waals surface area contributed by atoms with Gasteiger partial charge in [-0.25, -0.2) is 9.20 Å². The molecule has 9 nitrogen and oxygen atoms in total. The number of hydrogen-bond acceptors (Lipinski definition) is 5. The van der Waals surface area contributed by atoms with E-state index in [0.717, 1.165) is 10.1 Å². The number of benzene rings is 1. The lowest BCUT2D eigenvalue weighted by atomic mass is 10.1. The van der Waals surface area contributed by atoms with Crippen molar-refractivity contribution in [3.8, 4) is 5.88 Å². The van der Waals surface area contributed by atoms with Crippen molar-refractivity contribution in [2.45, 2.75) is 26.8 Å². The van der Waals surface area contributed by atoms with Gasteiger partial charge in [0.25, 0.3) is 11.1 Å². The summed E-state index contributed by atoms with van der Waals surface area (Å²) in [5, 5.41) is 11.6. The van der Waals surface area contributed by atoms with E-state index < -0.39 is 16.8 Å². The van der Waals surface area contributed by atoms with Crippen LogP contribution >= 0.6 is 11.6 Å². The van der Waals surface area contributed by atoms with Crippen LogP contribution in [0, 0.1) is 5.92 Å². The van der Waals surface area contributed by atoms with Crippen LogP contribution in [0.3, 0.4) is 0 Å². The molecule has 0 aliphatic rings. The third-order valence-electron chi connectivity index (χ3n) is 5.33. The molecule has 4 rings (SSSR count). The van der Waals surface area contributed by atoms with Crippen LogP contribution in [0.1, 0.15) is 25.0 Å². The second kappa shape index (κ2) is 7.42. The normalized spacial score (nSPS) is 11.8. The van der Waals surface area contributed by atoms with Crippen LogP contribution in [0.4, 0.5) is 0 Å². The van der Waals surface area contributed by atoms with Gasteiger partial charge < -0.3 is 5.11 Å². The van der Waals surface area contributed by atoms with E-state index in [1.54, 1.807) is 24.3 Å². The molecule has 0 saturated carbocycles. The number of aromatic hydroxyl groups is 1. The average Bonchev–Trinajstić information content (AvgIpc) is 3.13. The Labute approximate surface area is 181 Å². The molecule has 3 aromatic heterocycles. The van der Waals surface area contributed by atoms with E-state index >= 15 is 0 Å². The molecule has 0 unspecified atom stereocenters. The Morgan fingerprint density at radius 3 is 2.29 bits per heavy atom. The van der Waals surface area contributed by atoms with Crippen LogP contribution in [0.15, 0.2) is 38.6 Å². The predicted octanol–water partition coefficient (Wildman–Crippen LogP) is 1.65. The molecule has 10 heteroatoms. The summed E-state index contributed by atoms with van der Waals surface area (Å²) in [5.74, 6) is -0.167. The van der Waals surface area contributed by atoms with Gasteiger partial charge >= 0.3 is 5.69 Å². The Bertz CT molecular complexity index is 1510. The SMILES string of the molecule is CC(C)Cc1c(O)n2c3c(=O)n(C)c(=O)n(C)c3nc2n(Cc2ccc(Cl)cc2)c1=O. The Morgan fingerprint density at radius 2 is 1.68 bits per heavy atom. The number of hydrogen-bond donors (Lipinski definition) is 1. The summed E-state index contributed by atoms with van der Waals surface area (Å²) in [6.45, 7) is 4.02. The van der Waals surface area contributed by atoms with Crippen molar-refractivity contribution in [1.82, 2.24) is 23.1 Å². The molecule has 0 atom stereocenters. The summed E-state index contributed by atoms with van der Waals surface area (Å²) >= 11 is 5.97. The number of halogens is 1. The van der Waals surface area contributed by atoms with Gasteiger partial charge in [-0.2, -0.15) is 4.98 Å². The van der Waals surface area contributed by atoms with Crippen molar-refractivity contribution in [3.63, 3.8) is 0 Å². The van der Waals surface area contributed by atoms with Crippen LogP contribution in [-0.4, -0.2) is 28.2 Å². The smallest absolute Gasteiger partial charge is 0.332 e. The van der Waals surface area contributed by atoms with Gasteiger partial charge in [-0.1, -0.05) is 37.6 Å². The summed E-state index contributed by atoms with van der Waals surface area (Å²) in [5.41, 5.74) is -0.440. The molecule has 4 aromatic rings. The van der Waals surface area contributed by atoms with Crippen molar-refractivity contribution >= 4 is 28.5 Å². The highest BCUT2D eigenvalue weighted by Crippen LogP contribution is 2.23. The van der Waals surface area contributed by atoms with Crippen LogP contribution in [0.5, 0.6) is 5.88 Å². The van der Waals surface area contributed by atoms with Crippen molar-refractivity contribution in [3.05, 3.63) is 71.6 Å². The minimum absolute atomic E-state index is 0.0342. The zero-order valence-electron chi connectivity index (χ0n) is 17.6. The van der Waals surface area contributed by atoms with E-state index in [2.05, 4.69) is 4.98 Å². The zero-order chi connectivity index (χ0) is 22.6. The van der Waals surface area contributed by atoms with Crippen LogP contribution in [0.2, 0.25) is 5.02 Å². The van der Waals surface area contributed by atoms with E-state index in [-0.39, 0.29) is 40.8 Å². The number of aromatic nitrogens is 5. The van der Waals surface area contributed by atoms with Gasteiger partial charge in [0.1, 0.15) is 0 Å².